The van der Waals surface area contributed by atoms with Gasteiger partial charge in [-0.15, -0.1) is 0 Å². The summed E-state index contributed by atoms with van der Waals surface area (Å²) in [6, 6.07) is 11.1. The van der Waals surface area contributed by atoms with Crippen molar-refractivity contribution in [2.24, 2.45) is 0 Å². The van der Waals surface area contributed by atoms with Gasteiger partial charge < -0.3 is 10.6 Å². The number of hydrogen-bond acceptors (Lipinski definition) is 4. The lowest BCUT2D eigenvalue weighted by molar-refractivity contribution is 1.13. The Morgan fingerprint density at radius 1 is 1.33 bits per heavy atom. The van der Waals surface area contributed by atoms with Crippen molar-refractivity contribution in [1.82, 2.24) is 4.98 Å². The van der Waals surface area contributed by atoms with E-state index >= 15 is 0 Å². The Hall–Kier alpha value is -2.06. The summed E-state index contributed by atoms with van der Waals surface area (Å²) < 4.78 is 0.844. The third kappa shape index (κ3) is 2.44. The standard InChI is InChI=1S/C13H11BrN4/c1-18(11-4-2-9(7-15)3-5-11)13-12(16)6-10(14)8-17-13/h2-6,8H,16H2,1H3. The van der Waals surface area contributed by atoms with Gasteiger partial charge in [0, 0.05) is 23.4 Å². The zero-order valence-electron chi connectivity index (χ0n) is 9.76. The molecule has 0 spiro atoms. The first-order valence-corrected chi connectivity index (χ1v) is 6.06. The van der Waals surface area contributed by atoms with E-state index in [0.29, 0.717) is 17.1 Å². The van der Waals surface area contributed by atoms with Gasteiger partial charge >= 0.3 is 0 Å². The molecule has 2 N–H and O–H groups in total. The number of benzene rings is 1. The van der Waals surface area contributed by atoms with Crippen LogP contribution in [0.1, 0.15) is 5.56 Å². The SMILES string of the molecule is CN(c1ccc(C#N)cc1)c1ncc(Br)cc1N. The van der Waals surface area contributed by atoms with Crippen molar-refractivity contribution in [3.63, 3.8) is 0 Å². The second kappa shape index (κ2) is 5.07. The summed E-state index contributed by atoms with van der Waals surface area (Å²) in [4.78, 5) is 6.16. The van der Waals surface area contributed by atoms with Gasteiger partial charge in [0.15, 0.2) is 5.82 Å². The van der Waals surface area contributed by atoms with Gasteiger partial charge in [-0.25, -0.2) is 4.98 Å². The molecule has 0 aliphatic carbocycles. The fraction of sp³-hybridized carbons (Fsp3) is 0.0769. The lowest BCUT2D eigenvalue weighted by Gasteiger charge is -2.20. The van der Waals surface area contributed by atoms with Crippen LogP contribution in [0.5, 0.6) is 0 Å². The van der Waals surface area contributed by atoms with Crippen molar-refractivity contribution in [1.29, 1.82) is 5.26 Å². The highest BCUT2D eigenvalue weighted by molar-refractivity contribution is 9.10. The summed E-state index contributed by atoms with van der Waals surface area (Å²) in [6.45, 7) is 0. The summed E-state index contributed by atoms with van der Waals surface area (Å²) in [5.41, 5.74) is 8.08. The number of aromatic nitrogens is 1. The first-order chi connectivity index (χ1) is 8.61. The largest absolute Gasteiger partial charge is 0.396 e. The van der Waals surface area contributed by atoms with Gasteiger partial charge in [-0.05, 0) is 46.3 Å². The normalized spacial score (nSPS) is 9.83. The Balaban J connectivity index is 2.35. The van der Waals surface area contributed by atoms with Crippen LogP contribution in [0, 0.1) is 11.3 Å². The number of halogens is 1. The first-order valence-electron chi connectivity index (χ1n) is 5.26. The summed E-state index contributed by atoms with van der Waals surface area (Å²) in [5.74, 6) is 0.683. The first kappa shape index (κ1) is 12.4. The molecule has 90 valence electrons. The van der Waals surface area contributed by atoms with Crippen LogP contribution in [0.15, 0.2) is 41.0 Å². The number of hydrogen-bond donors (Lipinski definition) is 1. The molecule has 2 rings (SSSR count). The molecule has 1 heterocycles. The average Bonchev–Trinajstić information content (AvgIpc) is 2.38. The van der Waals surface area contributed by atoms with E-state index in [2.05, 4.69) is 27.0 Å². The molecule has 0 saturated heterocycles. The second-order valence-electron chi connectivity index (χ2n) is 3.78. The third-order valence-corrected chi connectivity index (χ3v) is 3.00. The predicted molar refractivity (Wildman–Crippen MR) is 75.6 cm³/mol. The Morgan fingerprint density at radius 2 is 2.00 bits per heavy atom. The maximum absolute atomic E-state index is 8.76. The molecule has 0 radical (unpaired) electrons. The number of nitrogen functional groups attached to an aromatic ring is 1. The molecule has 18 heavy (non-hydrogen) atoms. The van der Waals surface area contributed by atoms with Crippen LogP contribution in [-0.4, -0.2) is 12.0 Å². The van der Waals surface area contributed by atoms with E-state index in [-0.39, 0.29) is 0 Å². The quantitative estimate of drug-likeness (QED) is 0.926. The van der Waals surface area contributed by atoms with Crippen molar-refractivity contribution < 1.29 is 0 Å². The van der Waals surface area contributed by atoms with Crippen LogP contribution < -0.4 is 10.6 Å². The van der Waals surface area contributed by atoms with Crippen LogP contribution in [-0.2, 0) is 0 Å². The van der Waals surface area contributed by atoms with E-state index in [9.17, 15) is 0 Å². The van der Waals surface area contributed by atoms with Crippen molar-refractivity contribution in [2.45, 2.75) is 0 Å². The zero-order chi connectivity index (χ0) is 13.1. The number of pyridine rings is 1. The third-order valence-electron chi connectivity index (χ3n) is 2.56. The van der Waals surface area contributed by atoms with Crippen LogP contribution in [0.3, 0.4) is 0 Å². The van der Waals surface area contributed by atoms with Gasteiger partial charge in [0.25, 0.3) is 0 Å². The molecule has 0 amide bonds. The summed E-state index contributed by atoms with van der Waals surface area (Å²) in [6.07, 6.45) is 1.70. The fourth-order valence-corrected chi connectivity index (χ4v) is 1.96. The van der Waals surface area contributed by atoms with Crippen LogP contribution in [0.2, 0.25) is 0 Å². The van der Waals surface area contributed by atoms with Crippen molar-refractivity contribution in [3.05, 3.63) is 46.6 Å². The predicted octanol–water partition coefficient (Wildman–Crippen LogP) is 3.07. The van der Waals surface area contributed by atoms with Crippen LogP contribution >= 0.6 is 15.9 Å². The maximum Gasteiger partial charge on any atom is 0.156 e. The summed E-state index contributed by atoms with van der Waals surface area (Å²) >= 11 is 3.32. The maximum atomic E-state index is 8.76. The number of nitrogens with two attached hydrogens (primary N) is 1. The minimum atomic E-state index is 0.594. The van der Waals surface area contributed by atoms with E-state index in [1.54, 1.807) is 18.3 Å². The van der Waals surface area contributed by atoms with Gasteiger partial charge in [0.05, 0.1) is 17.3 Å². The smallest absolute Gasteiger partial charge is 0.156 e. The lowest BCUT2D eigenvalue weighted by atomic mass is 10.2. The molecule has 0 aliphatic rings. The Bertz CT molecular complexity index is 601. The van der Waals surface area contributed by atoms with E-state index in [1.165, 1.54) is 0 Å². The van der Waals surface area contributed by atoms with Crippen LogP contribution in [0.25, 0.3) is 0 Å². The van der Waals surface area contributed by atoms with Crippen molar-refractivity contribution >= 4 is 33.1 Å². The zero-order valence-corrected chi connectivity index (χ0v) is 11.3. The topological polar surface area (TPSA) is 65.9 Å². The second-order valence-corrected chi connectivity index (χ2v) is 4.70. The summed E-state index contributed by atoms with van der Waals surface area (Å²) in [5, 5.41) is 8.76. The molecule has 0 saturated carbocycles. The highest BCUT2D eigenvalue weighted by Gasteiger charge is 2.09. The number of nitriles is 1. The molecule has 1 aromatic carbocycles. The lowest BCUT2D eigenvalue weighted by Crippen LogP contribution is -2.13. The fourth-order valence-electron chi connectivity index (χ4n) is 1.61. The molecule has 2 aromatic rings. The van der Waals surface area contributed by atoms with Crippen molar-refractivity contribution in [3.8, 4) is 6.07 Å². The van der Waals surface area contributed by atoms with E-state index in [0.717, 1.165) is 10.2 Å². The Kier molecular flexibility index (Phi) is 3.49. The molecular formula is C13H11BrN4. The molecule has 0 unspecified atom stereocenters. The van der Waals surface area contributed by atoms with Gasteiger partial charge in [-0.2, -0.15) is 5.26 Å². The van der Waals surface area contributed by atoms with Crippen LogP contribution in [0.4, 0.5) is 17.2 Å². The minimum Gasteiger partial charge on any atom is -0.396 e. The molecule has 5 heteroatoms. The molecule has 0 aliphatic heterocycles. The highest BCUT2D eigenvalue weighted by Crippen LogP contribution is 2.28. The van der Waals surface area contributed by atoms with Gasteiger partial charge in [0.1, 0.15) is 0 Å². The number of anilines is 3. The molecule has 4 nitrogen and oxygen atoms in total. The molecule has 0 bridgehead atoms. The van der Waals surface area contributed by atoms with Gasteiger partial charge in [-0.3, -0.25) is 0 Å². The van der Waals surface area contributed by atoms with Gasteiger partial charge in [-0.1, -0.05) is 0 Å². The Labute approximate surface area is 114 Å². The molecular weight excluding hydrogens is 292 g/mol. The van der Waals surface area contributed by atoms with Gasteiger partial charge in [0.2, 0.25) is 0 Å². The highest BCUT2D eigenvalue weighted by atomic mass is 79.9. The van der Waals surface area contributed by atoms with E-state index < -0.39 is 0 Å². The molecule has 1 aromatic heterocycles. The molecule has 0 fully saturated rings. The minimum absolute atomic E-state index is 0.594. The average molecular weight is 303 g/mol. The van der Waals surface area contributed by atoms with E-state index in [4.69, 9.17) is 11.0 Å². The number of rotatable bonds is 2. The summed E-state index contributed by atoms with van der Waals surface area (Å²) in [7, 11) is 1.88. The number of nitrogens with zero attached hydrogens (tertiary/aromatic N) is 3. The monoisotopic (exact) mass is 302 g/mol. The van der Waals surface area contributed by atoms with Crippen molar-refractivity contribution in [2.75, 3.05) is 17.7 Å². The Morgan fingerprint density at radius 3 is 2.56 bits per heavy atom. The van der Waals surface area contributed by atoms with E-state index in [1.807, 2.05) is 30.1 Å². The molecule has 0 atom stereocenters.